The SMILES string of the molecule is CCCCCCOC(=O)c1ccc(NC(=O)COc2ccc(Br)cc2C(C)C)cc1. The Hall–Kier alpha value is -2.34. The van der Waals surface area contributed by atoms with E-state index in [-0.39, 0.29) is 24.4 Å². The summed E-state index contributed by atoms with van der Waals surface area (Å²) in [4.78, 5) is 24.3. The standard InChI is InChI=1S/C24H30BrNO4/c1-4-5-6-7-14-29-24(28)18-8-11-20(12-9-18)26-23(27)16-30-22-13-10-19(25)15-21(22)17(2)3/h8-13,15,17H,4-7,14,16H2,1-3H3,(H,26,27). The Morgan fingerprint density at radius 1 is 1.03 bits per heavy atom. The van der Waals surface area contributed by atoms with Crippen LogP contribution in [0.3, 0.4) is 0 Å². The number of benzene rings is 2. The minimum absolute atomic E-state index is 0.0943. The molecule has 0 fully saturated rings. The number of rotatable bonds is 11. The number of unbranched alkanes of at least 4 members (excludes halogenated alkanes) is 3. The van der Waals surface area contributed by atoms with E-state index in [9.17, 15) is 9.59 Å². The van der Waals surface area contributed by atoms with Crippen molar-refractivity contribution < 1.29 is 19.1 Å². The molecule has 1 N–H and O–H groups in total. The normalized spacial score (nSPS) is 10.7. The van der Waals surface area contributed by atoms with Crippen LogP contribution in [0.25, 0.3) is 0 Å². The van der Waals surface area contributed by atoms with Crippen LogP contribution in [0.4, 0.5) is 5.69 Å². The molecule has 0 spiro atoms. The number of carbonyl (C=O) groups is 2. The third kappa shape index (κ3) is 7.82. The highest BCUT2D eigenvalue weighted by Crippen LogP contribution is 2.29. The lowest BCUT2D eigenvalue weighted by Gasteiger charge is -2.14. The van der Waals surface area contributed by atoms with Gasteiger partial charge in [0.25, 0.3) is 5.91 Å². The van der Waals surface area contributed by atoms with E-state index in [1.54, 1.807) is 24.3 Å². The zero-order valence-electron chi connectivity index (χ0n) is 17.9. The lowest BCUT2D eigenvalue weighted by atomic mass is 10.0. The average Bonchev–Trinajstić information content (AvgIpc) is 2.73. The molecule has 5 nitrogen and oxygen atoms in total. The number of carbonyl (C=O) groups excluding carboxylic acids is 2. The maximum absolute atomic E-state index is 12.2. The van der Waals surface area contributed by atoms with E-state index in [0.717, 1.165) is 35.7 Å². The third-order valence-electron chi connectivity index (χ3n) is 4.59. The van der Waals surface area contributed by atoms with E-state index < -0.39 is 0 Å². The van der Waals surface area contributed by atoms with Crippen LogP contribution in [-0.4, -0.2) is 25.1 Å². The minimum Gasteiger partial charge on any atom is -0.483 e. The number of nitrogens with one attached hydrogen (secondary N) is 1. The predicted octanol–water partition coefficient (Wildman–Crippen LogP) is 6.33. The van der Waals surface area contributed by atoms with E-state index >= 15 is 0 Å². The highest BCUT2D eigenvalue weighted by atomic mass is 79.9. The molecule has 0 aliphatic carbocycles. The first-order valence-electron chi connectivity index (χ1n) is 10.4. The highest BCUT2D eigenvalue weighted by molar-refractivity contribution is 9.10. The second-order valence-electron chi connectivity index (χ2n) is 7.45. The van der Waals surface area contributed by atoms with Crippen molar-refractivity contribution in [3.63, 3.8) is 0 Å². The number of halogens is 1. The summed E-state index contributed by atoms with van der Waals surface area (Å²) >= 11 is 3.46. The molecular formula is C24H30BrNO4. The molecule has 0 saturated carbocycles. The Morgan fingerprint density at radius 2 is 1.77 bits per heavy atom. The van der Waals surface area contributed by atoms with Crippen molar-refractivity contribution in [3.05, 3.63) is 58.1 Å². The van der Waals surface area contributed by atoms with Crippen molar-refractivity contribution in [2.24, 2.45) is 0 Å². The molecule has 0 saturated heterocycles. The van der Waals surface area contributed by atoms with Gasteiger partial charge in [-0.2, -0.15) is 0 Å². The van der Waals surface area contributed by atoms with Gasteiger partial charge in [-0.25, -0.2) is 4.79 Å². The van der Waals surface area contributed by atoms with Gasteiger partial charge in [0.15, 0.2) is 6.61 Å². The molecule has 0 aromatic heterocycles. The minimum atomic E-state index is -0.343. The molecule has 2 aromatic rings. The first-order valence-corrected chi connectivity index (χ1v) is 11.2. The van der Waals surface area contributed by atoms with Crippen LogP contribution in [0.2, 0.25) is 0 Å². The number of anilines is 1. The van der Waals surface area contributed by atoms with Crippen molar-refractivity contribution in [3.8, 4) is 5.75 Å². The lowest BCUT2D eigenvalue weighted by molar-refractivity contribution is -0.118. The molecule has 0 aliphatic heterocycles. The van der Waals surface area contributed by atoms with E-state index in [4.69, 9.17) is 9.47 Å². The van der Waals surface area contributed by atoms with Gasteiger partial charge in [-0.15, -0.1) is 0 Å². The summed E-state index contributed by atoms with van der Waals surface area (Å²) in [6, 6.07) is 12.4. The van der Waals surface area contributed by atoms with Crippen molar-refractivity contribution in [2.75, 3.05) is 18.5 Å². The summed E-state index contributed by atoms with van der Waals surface area (Å²) in [6.07, 6.45) is 4.24. The summed E-state index contributed by atoms with van der Waals surface area (Å²) in [5.74, 6) is 0.364. The van der Waals surface area contributed by atoms with Crippen molar-refractivity contribution in [2.45, 2.75) is 52.4 Å². The molecule has 0 radical (unpaired) electrons. The van der Waals surface area contributed by atoms with Gasteiger partial charge in [0.2, 0.25) is 0 Å². The molecule has 2 rings (SSSR count). The zero-order chi connectivity index (χ0) is 21.9. The first-order chi connectivity index (χ1) is 14.4. The molecule has 0 atom stereocenters. The van der Waals surface area contributed by atoms with Gasteiger partial charge in [0, 0.05) is 10.2 Å². The second-order valence-corrected chi connectivity index (χ2v) is 8.36. The van der Waals surface area contributed by atoms with Gasteiger partial charge in [0.05, 0.1) is 12.2 Å². The fraction of sp³-hybridized carbons (Fsp3) is 0.417. The molecule has 0 heterocycles. The van der Waals surface area contributed by atoms with Crippen LogP contribution in [0, 0.1) is 0 Å². The quantitative estimate of drug-likeness (QED) is 0.304. The fourth-order valence-electron chi connectivity index (χ4n) is 2.91. The van der Waals surface area contributed by atoms with Crippen LogP contribution in [0.15, 0.2) is 46.9 Å². The lowest BCUT2D eigenvalue weighted by Crippen LogP contribution is -2.20. The fourth-order valence-corrected chi connectivity index (χ4v) is 3.29. The molecule has 30 heavy (non-hydrogen) atoms. The summed E-state index contributed by atoms with van der Waals surface area (Å²) in [5, 5.41) is 2.78. The topological polar surface area (TPSA) is 64.6 Å². The summed E-state index contributed by atoms with van der Waals surface area (Å²) in [6.45, 7) is 6.63. The van der Waals surface area contributed by atoms with Crippen molar-refractivity contribution in [1.82, 2.24) is 0 Å². The Morgan fingerprint density at radius 3 is 2.43 bits per heavy atom. The summed E-state index contributed by atoms with van der Waals surface area (Å²) in [7, 11) is 0. The van der Waals surface area contributed by atoms with Gasteiger partial charge in [-0.3, -0.25) is 4.79 Å². The molecule has 0 aliphatic rings. The Bertz CT molecular complexity index is 834. The van der Waals surface area contributed by atoms with Gasteiger partial charge in [-0.05, 0) is 60.4 Å². The van der Waals surface area contributed by atoms with Crippen LogP contribution in [0.1, 0.15) is 68.3 Å². The molecule has 0 bridgehead atoms. The smallest absolute Gasteiger partial charge is 0.338 e. The molecule has 2 aromatic carbocycles. The molecular weight excluding hydrogens is 446 g/mol. The maximum Gasteiger partial charge on any atom is 0.338 e. The van der Waals surface area contributed by atoms with Gasteiger partial charge >= 0.3 is 5.97 Å². The van der Waals surface area contributed by atoms with Crippen molar-refractivity contribution in [1.29, 1.82) is 0 Å². The van der Waals surface area contributed by atoms with Crippen LogP contribution in [0.5, 0.6) is 5.75 Å². The van der Waals surface area contributed by atoms with Gasteiger partial charge < -0.3 is 14.8 Å². The zero-order valence-corrected chi connectivity index (χ0v) is 19.5. The summed E-state index contributed by atoms with van der Waals surface area (Å²) in [5.41, 5.74) is 2.11. The van der Waals surface area contributed by atoms with E-state index in [1.165, 1.54) is 0 Å². The molecule has 6 heteroatoms. The summed E-state index contributed by atoms with van der Waals surface area (Å²) < 4.78 is 12.0. The number of hydrogen-bond donors (Lipinski definition) is 1. The van der Waals surface area contributed by atoms with Crippen molar-refractivity contribution >= 4 is 33.5 Å². The number of amides is 1. The number of esters is 1. The highest BCUT2D eigenvalue weighted by Gasteiger charge is 2.12. The van der Waals surface area contributed by atoms with Gasteiger partial charge in [0.1, 0.15) is 5.75 Å². The van der Waals surface area contributed by atoms with E-state index in [2.05, 4.69) is 42.0 Å². The Balaban J connectivity index is 1.83. The monoisotopic (exact) mass is 475 g/mol. The number of ether oxygens (including phenoxy) is 2. The van der Waals surface area contributed by atoms with Crippen LogP contribution >= 0.6 is 15.9 Å². The first kappa shape index (κ1) is 23.9. The van der Waals surface area contributed by atoms with E-state index in [1.807, 2.05) is 18.2 Å². The maximum atomic E-state index is 12.2. The van der Waals surface area contributed by atoms with Crippen LogP contribution < -0.4 is 10.1 Å². The Labute approximate surface area is 187 Å². The van der Waals surface area contributed by atoms with E-state index in [0.29, 0.717) is 23.6 Å². The molecule has 1 amide bonds. The largest absolute Gasteiger partial charge is 0.483 e. The molecule has 162 valence electrons. The average molecular weight is 476 g/mol. The predicted molar refractivity (Wildman–Crippen MR) is 123 cm³/mol. The second kappa shape index (κ2) is 12.4. The van der Waals surface area contributed by atoms with Crippen LogP contribution in [-0.2, 0) is 9.53 Å². The number of hydrogen-bond acceptors (Lipinski definition) is 4. The Kier molecular flexibility index (Phi) is 9.87. The third-order valence-corrected chi connectivity index (χ3v) is 5.08. The van der Waals surface area contributed by atoms with Gasteiger partial charge in [-0.1, -0.05) is 56.0 Å². The molecule has 0 unspecified atom stereocenters.